The minimum absolute atomic E-state index is 0.279. The van der Waals surface area contributed by atoms with E-state index in [9.17, 15) is 9.90 Å². The van der Waals surface area contributed by atoms with E-state index >= 15 is 0 Å². The van der Waals surface area contributed by atoms with E-state index in [2.05, 4.69) is 41.2 Å². The number of hydrogen-bond donors (Lipinski definition) is 1. The lowest BCUT2D eigenvalue weighted by Gasteiger charge is -2.25. The number of ether oxygens (including phenoxy) is 2. The monoisotopic (exact) mass is 537 g/mol. The Morgan fingerprint density at radius 1 is 0.975 bits per heavy atom. The zero-order chi connectivity index (χ0) is 27.9. The smallest absolute Gasteiger partial charge is 0.335 e. The first kappa shape index (κ1) is 27.2. The van der Waals surface area contributed by atoms with Gasteiger partial charge in [0.25, 0.3) is 0 Å². The fourth-order valence-electron chi connectivity index (χ4n) is 5.03. The summed E-state index contributed by atoms with van der Waals surface area (Å²) in [7, 11) is 0. The molecule has 0 spiro atoms. The Morgan fingerprint density at radius 2 is 1.68 bits per heavy atom. The van der Waals surface area contributed by atoms with E-state index in [1.807, 2.05) is 48.5 Å². The van der Waals surface area contributed by atoms with Crippen LogP contribution in [-0.4, -0.2) is 38.7 Å². The molecule has 0 amide bonds. The highest BCUT2D eigenvalue weighted by Gasteiger charge is 2.21. The summed E-state index contributed by atoms with van der Waals surface area (Å²) < 4.78 is 13.9. The molecule has 7 heteroatoms. The number of benzene rings is 3. The van der Waals surface area contributed by atoms with Crippen LogP contribution in [-0.2, 0) is 26.2 Å². The molecule has 1 aromatic heterocycles. The standard InChI is InChI=1S/C33H35N3O4/c1-3-5-17-36-29(28(4-2)34-32(36)26-9-7-6-8-10-26)23-35(21-24-11-14-27(15-12-24)33(37)38)22-25-13-16-30-31(20-25)40-19-18-39-30/h4,6-16,20H,2-3,5,17-19,21-23H2,1H3,(H,37,38). The molecular weight excluding hydrogens is 502 g/mol. The van der Waals surface area contributed by atoms with Gasteiger partial charge in [-0.05, 0) is 47.9 Å². The largest absolute Gasteiger partial charge is 0.486 e. The van der Waals surface area contributed by atoms with Gasteiger partial charge in [0.1, 0.15) is 19.0 Å². The normalized spacial score (nSPS) is 12.4. The lowest BCUT2D eigenvalue weighted by atomic mass is 10.1. The molecule has 0 unspecified atom stereocenters. The second-order valence-corrected chi connectivity index (χ2v) is 9.97. The Bertz CT molecular complexity index is 1460. The second kappa shape index (κ2) is 12.7. The summed E-state index contributed by atoms with van der Waals surface area (Å²) in [6.45, 7) is 10.2. The maximum absolute atomic E-state index is 11.4. The lowest BCUT2D eigenvalue weighted by molar-refractivity contribution is 0.0697. The first-order valence-electron chi connectivity index (χ1n) is 13.8. The first-order chi connectivity index (χ1) is 19.6. The molecule has 4 aromatic rings. The van der Waals surface area contributed by atoms with E-state index in [0.29, 0.717) is 32.8 Å². The average Bonchev–Trinajstić information content (AvgIpc) is 3.33. The number of hydrogen-bond acceptors (Lipinski definition) is 5. The van der Waals surface area contributed by atoms with E-state index in [-0.39, 0.29) is 5.56 Å². The topological polar surface area (TPSA) is 76.8 Å². The van der Waals surface area contributed by atoms with Gasteiger partial charge >= 0.3 is 5.97 Å². The Balaban J connectivity index is 1.51. The van der Waals surface area contributed by atoms with E-state index in [1.54, 1.807) is 12.1 Å². The van der Waals surface area contributed by atoms with E-state index < -0.39 is 5.97 Å². The zero-order valence-corrected chi connectivity index (χ0v) is 22.9. The summed E-state index contributed by atoms with van der Waals surface area (Å²) in [6, 6.07) is 23.5. The van der Waals surface area contributed by atoms with Crippen LogP contribution in [0.25, 0.3) is 17.5 Å². The van der Waals surface area contributed by atoms with Gasteiger partial charge in [0.2, 0.25) is 0 Å². The maximum atomic E-state index is 11.4. The molecule has 0 fully saturated rings. The molecule has 1 aliphatic heterocycles. The lowest BCUT2D eigenvalue weighted by Crippen LogP contribution is -2.25. The number of carbonyl (C=O) groups is 1. The number of imidazole rings is 1. The number of carboxylic acid groups (broad SMARTS) is 1. The minimum Gasteiger partial charge on any atom is -0.486 e. The van der Waals surface area contributed by atoms with Crippen molar-refractivity contribution in [1.82, 2.24) is 14.5 Å². The molecule has 0 saturated carbocycles. The Kier molecular flexibility index (Phi) is 8.62. The predicted octanol–water partition coefficient (Wildman–Crippen LogP) is 6.67. The summed E-state index contributed by atoms with van der Waals surface area (Å²) >= 11 is 0. The van der Waals surface area contributed by atoms with Crippen LogP contribution in [0.5, 0.6) is 11.5 Å². The summed E-state index contributed by atoms with van der Waals surface area (Å²) in [5.41, 5.74) is 5.49. The SMILES string of the molecule is C=Cc1nc(-c2ccccc2)n(CCCC)c1CN(Cc1ccc(C(=O)O)cc1)Cc1ccc2c(c1)OCCO2. The van der Waals surface area contributed by atoms with Gasteiger partial charge in [-0.25, -0.2) is 9.78 Å². The third-order valence-corrected chi connectivity index (χ3v) is 7.06. The summed E-state index contributed by atoms with van der Waals surface area (Å²) in [6.07, 6.45) is 3.96. The van der Waals surface area contributed by atoms with Crippen LogP contribution in [0.3, 0.4) is 0 Å². The fraction of sp³-hybridized carbons (Fsp3) is 0.273. The highest BCUT2D eigenvalue weighted by Crippen LogP contribution is 2.32. The molecule has 1 aliphatic rings. The molecule has 2 heterocycles. The summed E-state index contributed by atoms with van der Waals surface area (Å²) in [5, 5.41) is 9.35. The van der Waals surface area contributed by atoms with Crippen LogP contribution in [0, 0.1) is 0 Å². The highest BCUT2D eigenvalue weighted by atomic mass is 16.6. The van der Waals surface area contributed by atoms with Gasteiger partial charge in [-0.3, -0.25) is 4.90 Å². The van der Waals surface area contributed by atoms with Crippen molar-refractivity contribution in [3.05, 3.63) is 107 Å². The number of rotatable bonds is 12. The van der Waals surface area contributed by atoms with Crippen LogP contribution >= 0.6 is 0 Å². The first-order valence-corrected chi connectivity index (χ1v) is 13.8. The van der Waals surface area contributed by atoms with Gasteiger partial charge in [0, 0.05) is 31.7 Å². The van der Waals surface area contributed by atoms with Crippen LogP contribution in [0.15, 0.2) is 79.4 Å². The molecule has 3 aromatic carbocycles. The number of carboxylic acids is 1. The third-order valence-electron chi connectivity index (χ3n) is 7.06. The van der Waals surface area contributed by atoms with Gasteiger partial charge in [-0.1, -0.05) is 68.5 Å². The maximum Gasteiger partial charge on any atom is 0.335 e. The van der Waals surface area contributed by atoms with E-state index in [0.717, 1.165) is 64.8 Å². The summed E-state index contributed by atoms with van der Waals surface area (Å²) in [5.74, 6) is 1.55. The Labute approximate surface area is 235 Å². The number of nitrogens with zero attached hydrogens (tertiary/aromatic N) is 3. The molecule has 0 saturated heterocycles. The predicted molar refractivity (Wildman–Crippen MR) is 156 cm³/mol. The number of aromatic nitrogens is 2. The van der Waals surface area contributed by atoms with Crippen LogP contribution in [0.4, 0.5) is 0 Å². The molecule has 0 atom stereocenters. The van der Waals surface area contributed by atoms with Gasteiger partial charge in [-0.2, -0.15) is 0 Å². The quantitative estimate of drug-likeness (QED) is 0.218. The molecule has 7 nitrogen and oxygen atoms in total. The van der Waals surface area contributed by atoms with Crippen LogP contribution in [0.1, 0.15) is 52.6 Å². The zero-order valence-electron chi connectivity index (χ0n) is 22.9. The Hall–Kier alpha value is -4.36. The van der Waals surface area contributed by atoms with Crippen molar-refractivity contribution < 1.29 is 19.4 Å². The Morgan fingerprint density at radius 3 is 2.38 bits per heavy atom. The van der Waals surface area contributed by atoms with Gasteiger partial charge in [-0.15, -0.1) is 0 Å². The van der Waals surface area contributed by atoms with Gasteiger partial charge < -0.3 is 19.1 Å². The second-order valence-electron chi connectivity index (χ2n) is 9.97. The number of unbranched alkanes of at least 4 members (excludes halogenated alkanes) is 1. The van der Waals surface area contributed by atoms with Crippen molar-refractivity contribution in [3.8, 4) is 22.9 Å². The average molecular weight is 538 g/mol. The molecule has 0 radical (unpaired) electrons. The van der Waals surface area contributed by atoms with Crippen molar-refractivity contribution in [2.24, 2.45) is 0 Å². The van der Waals surface area contributed by atoms with Crippen molar-refractivity contribution in [1.29, 1.82) is 0 Å². The molecule has 0 aliphatic carbocycles. The van der Waals surface area contributed by atoms with E-state index in [1.165, 1.54) is 0 Å². The summed E-state index contributed by atoms with van der Waals surface area (Å²) in [4.78, 5) is 18.8. The highest BCUT2D eigenvalue weighted by molar-refractivity contribution is 5.87. The minimum atomic E-state index is -0.927. The number of aromatic carboxylic acids is 1. The molecule has 40 heavy (non-hydrogen) atoms. The van der Waals surface area contributed by atoms with Crippen molar-refractivity contribution in [2.75, 3.05) is 13.2 Å². The molecule has 206 valence electrons. The van der Waals surface area contributed by atoms with Crippen molar-refractivity contribution in [2.45, 2.75) is 45.9 Å². The molecule has 1 N–H and O–H groups in total. The van der Waals surface area contributed by atoms with Gasteiger partial charge in [0.05, 0.1) is 17.0 Å². The van der Waals surface area contributed by atoms with Gasteiger partial charge in [0.15, 0.2) is 11.5 Å². The molecule has 0 bridgehead atoms. The molecule has 5 rings (SSSR count). The fourth-order valence-corrected chi connectivity index (χ4v) is 5.03. The van der Waals surface area contributed by atoms with Crippen molar-refractivity contribution in [3.63, 3.8) is 0 Å². The molecular formula is C33H35N3O4. The van der Waals surface area contributed by atoms with Crippen LogP contribution in [0.2, 0.25) is 0 Å². The number of fused-ring (bicyclic) bond motifs is 1. The van der Waals surface area contributed by atoms with Crippen molar-refractivity contribution >= 4 is 12.0 Å². The van der Waals surface area contributed by atoms with Crippen LogP contribution < -0.4 is 9.47 Å². The third kappa shape index (κ3) is 6.26. The van der Waals surface area contributed by atoms with E-state index in [4.69, 9.17) is 14.5 Å².